The van der Waals surface area contributed by atoms with Crippen molar-refractivity contribution in [3.05, 3.63) is 49.6 Å². The highest BCUT2D eigenvalue weighted by Crippen LogP contribution is 2.36. The number of rotatable bonds is 4. The van der Waals surface area contributed by atoms with Crippen LogP contribution < -0.4 is 0 Å². The number of carbonyl (C=O) groups is 2. The molecule has 0 aromatic heterocycles. The van der Waals surface area contributed by atoms with Gasteiger partial charge in [-0.2, -0.15) is 0 Å². The lowest BCUT2D eigenvalue weighted by Crippen LogP contribution is -2.62. The maximum absolute atomic E-state index is 12.6. The molecule has 5 heterocycles. The van der Waals surface area contributed by atoms with Crippen molar-refractivity contribution in [2.75, 3.05) is 13.1 Å². The molecule has 5 aliphatic heterocycles. The van der Waals surface area contributed by atoms with E-state index in [9.17, 15) is 9.59 Å². The third kappa shape index (κ3) is 1.68. The van der Waals surface area contributed by atoms with Crippen molar-refractivity contribution in [3.63, 3.8) is 0 Å². The summed E-state index contributed by atoms with van der Waals surface area (Å²) in [7, 11) is 0. The lowest BCUT2D eigenvalue weighted by Gasteiger charge is -2.49. The molecule has 0 unspecified atom stereocenters. The van der Waals surface area contributed by atoms with Gasteiger partial charge in [0.1, 0.15) is 0 Å². The summed E-state index contributed by atoms with van der Waals surface area (Å²) in [5.41, 5.74) is 0. The Morgan fingerprint density at radius 3 is 1.60 bits per heavy atom. The molecule has 4 atom stereocenters. The molecule has 6 aliphatic rings. The zero-order valence-corrected chi connectivity index (χ0v) is 11.3. The molecule has 104 valence electrons. The molecule has 2 amide bonds. The van der Waals surface area contributed by atoms with Gasteiger partial charge in [-0.3, -0.25) is 9.59 Å². The first-order valence-electron chi connectivity index (χ1n) is 6.88. The van der Waals surface area contributed by atoms with E-state index in [1.54, 1.807) is 22.0 Å². The van der Waals surface area contributed by atoms with E-state index < -0.39 is 0 Å². The molecule has 1 aliphatic carbocycles. The smallest absolute Gasteiger partial charge is 0.232 e. The summed E-state index contributed by atoms with van der Waals surface area (Å²) in [6.45, 7) is 8.38. The van der Waals surface area contributed by atoms with E-state index in [2.05, 4.69) is 13.2 Å². The van der Waals surface area contributed by atoms with E-state index in [4.69, 9.17) is 0 Å². The first kappa shape index (κ1) is 12.9. The van der Waals surface area contributed by atoms with Gasteiger partial charge >= 0.3 is 0 Å². The maximum Gasteiger partial charge on any atom is 0.232 e. The van der Waals surface area contributed by atoms with E-state index in [0.717, 1.165) is 0 Å². The maximum atomic E-state index is 12.6. The minimum atomic E-state index is -0.299. The molecule has 4 bridgehead atoms. The van der Waals surface area contributed by atoms with Crippen LogP contribution in [0.1, 0.15) is 0 Å². The Kier molecular flexibility index (Phi) is 3.08. The molecule has 4 nitrogen and oxygen atoms in total. The van der Waals surface area contributed by atoms with E-state index in [-0.39, 0.29) is 35.7 Å². The molecule has 6 rings (SSSR count). The molecule has 0 N–H and O–H groups in total. The average molecular weight is 270 g/mol. The molecule has 0 aromatic carbocycles. The minimum absolute atomic E-state index is 0.0818. The number of hydrogen-bond donors (Lipinski definition) is 0. The predicted molar refractivity (Wildman–Crippen MR) is 76.7 cm³/mol. The normalized spacial score (nSPS) is 34.4. The zero-order chi connectivity index (χ0) is 14.3. The summed E-state index contributed by atoms with van der Waals surface area (Å²) < 4.78 is 0. The fraction of sp³-hybridized carbons (Fsp3) is 0.375. The van der Waals surface area contributed by atoms with Crippen LogP contribution in [0, 0.1) is 11.8 Å². The van der Waals surface area contributed by atoms with Crippen LogP contribution in [0.3, 0.4) is 0 Å². The molecule has 0 aromatic rings. The minimum Gasteiger partial charge on any atom is -0.331 e. The number of amides is 2. The molecule has 1 saturated heterocycles. The second-order valence-corrected chi connectivity index (χ2v) is 5.36. The Hall–Kier alpha value is -2.10. The van der Waals surface area contributed by atoms with Gasteiger partial charge in [0, 0.05) is 13.1 Å². The highest BCUT2D eigenvalue weighted by atomic mass is 16.2. The first-order valence-corrected chi connectivity index (χ1v) is 6.88. The zero-order valence-electron chi connectivity index (χ0n) is 11.3. The van der Waals surface area contributed by atoms with Crippen molar-refractivity contribution in [1.29, 1.82) is 0 Å². The van der Waals surface area contributed by atoms with Crippen LogP contribution >= 0.6 is 0 Å². The van der Waals surface area contributed by atoms with E-state index in [1.165, 1.54) is 0 Å². The van der Waals surface area contributed by atoms with Crippen LogP contribution in [-0.4, -0.2) is 46.8 Å². The molecule has 0 spiro atoms. The van der Waals surface area contributed by atoms with E-state index in [1.807, 2.05) is 24.3 Å². The van der Waals surface area contributed by atoms with Gasteiger partial charge in [-0.25, -0.2) is 0 Å². The Labute approximate surface area is 118 Å². The second-order valence-electron chi connectivity index (χ2n) is 5.36. The molecular weight excluding hydrogens is 252 g/mol. The number of carbonyl (C=O) groups excluding carboxylic acids is 2. The van der Waals surface area contributed by atoms with E-state index >= 15 is 0 Å². The Morgan fingerprint density at radius 2 is 1.25 bits per heavy atom. The molecule has 0 saturated carbocycles. The van der Waals surface area contributed by atoms with Crippen molar-refractivity contribution in [2.24, 2.45) is 11.8 Å². The van der Waals surface area contributed by atoms with Gasteiger partial charge in [0.15, 0.2) is 0 Å². The summed E-state index contributed by atoms with van der Waals surface area (Å²) in [5.74, 6) is -0.433. The van der Waals surface area contributed by atoms with Gasteiger partial charge in [0.25, 0.3) is 0 Å². The Morgan fingerprint density at radius 1 is 0.850 bits per heavy atom. The van der Waals surface area contributed by atoms with Crippen molar-refractivity contribution < 1.29 is 9.59 Å². The Bertz CT molecular complexity index is 487. The topological polar surface area (TPSA) is 40.6 Å². The summed E-state index contributed by atoms with van der Waals surface area (Å²) >= 11 is 0. The molecular formula is C16H18N2O2. The van der Waals surface area contributed by atoms with E-state index in [0.29, 0.717) is 13.1 Å². The highest BCUT2D eigenvalue weighted by molar-refractivity contribution is 5.91. The fourth-order valence-corrected chi connectivity index (χ4v) is 3.36. The molecule has 20 heavy (non-hydrogen) atoms. The van der Waals surface area contributed by atoms with Gasteiger partial charge < -0.3 is 9.80 Å². The first-order chi connectivity index (χ1) is 9.69. The summed E-state index contributed by atoms with van der Waals surface area (Å²) in [6, 6.07) is -0.400. The number of hydrogen-bond acceptors (Lipinski definition) is 2. The average Bonchev–Trinajstić information content (AvgIpc) is 2.41. The monoisotopic (exact) mass is 270 g/mol. The molecule has 0 radical (unpaired) electrons. The second kappa shape index (κ2) is 4.78. The van der Waals surface area contributed by atoms with Crippen LogP contribution in [0.25, 0.3) is 0 Å². The van der Waals surface area contributed by atoms with Crippen LogP contribution in [-0.2, 0) is 9.59 Å². The van der Waals surface area contributed by atoms with Crippen molar-refractivity contribution >= 4 is 11.8 Å². The van der Waals surface area contributed by atoms with Crippen molar-refractivity contribution in [3.8, 4) is 0 Å². The molecule has 4 heteroatoms. The van der Waals surface area contributed by atoms with Crippen molar-refractivity contribution in [1.82, 2.24) is 9.80 Å². The third-order valence-electron chi connectivity index (χ3n) is 4.27. The predicted octanol–water partition coefficient (Wildman–Crippen LogP) is 1.14. The van der Waals surface area contributed by atoms with Gasteiger partial charge in [-0.05, 0) is 0 Å². The lowest BCUT2D eigenvalue weighted by molar-refractivity contribution is -0.149. The van der Waals surface area contributed by atoms with Crippen molar-refractivity contribution in [2.45, 2.75) is 12.1 Å². The number of nitrogens with zero attached hydrogens (tertiary/aromatic N) is 2. The summed E-state index contributed by atoms with van der Waals surface area (Å²) in [5, 5.41) is 0. The van der Waals surface area contributed by atoms with Crippen LogP contribution in [0.2, 0.25) is 0 Å². The fourth-order valence-electron chi connectivity index (χ4n) is 3.36. The molecule has 1 fully saturated rings. The highest BCUT2D eigenvalue weighted by Gasteiger charge is 2.48. The van der Waals surface area contributed by atoms with Gasteiger partial charge in [-0.15, -0.1) is 13.2 Å². The quantitative estimate of drug-likeness (QED) is 0.719. The van der Waals surface area contributed by atoms with Crippen LogP contribution in [0.15, 0.2) is 49.6 Å². The Balaban J connectivity index is 2.06. The standard InChI is InChI=1S/C16H18N2O2/c1-3-9-17-13-7-5-12(15(17)19)14-8-6-11(13)16(20)18(14)10-4-2/h3-8,11-14H,1-2,9-10H2/t11-,12-,13-,14+/m0/s1. The largest absolute Gasteiger partial charge is 0.331 e. The summed E-state index contributed by atoms with van der Waals surface area (Å²) in [4.78, 5) is 28.8. The van der Waals surface area contributed by atoms with Crippen LogP contribution in [0.5, 0.6) is 0 Å². The van der Waals surface area contributed by atoms with Crippen LogP contribution in [0.4, 0.5) is 0 Å². The van der Waals surface area contributed by atoms with Gasteiger partial charge in [-0.1, -0.05) is 36.5 Å². The SMILES string of the molecule is C=CCN1C(=O)[C@H]2C=C[C@@H]1[C@@H]1C=C[C@@H]2N(CC=C)C1=O. The third-order valence-corrected chi connectivity index (χ3v) is 4.27. The van der Waals surface area contributed by atoms with Gasteiger partial charge in [0.05, 0.1) is 23.9 Å². The van der Waals surface area contributed by atoms with Gasteiger partial charge in [0.2, 0.25) is 11.8 Å². The lowest BCUT2D eigenvalue weighted by atomic mass is 9.78. The summed E-state index contributed by atoms with van der Waals surface area (Å²) in [6.07, 6.45) is 11.3.